The van der Waals surface area contributed by atoms with Gasteiger partial charge in [-0.15, -0.1) is 0 Å². The molecule has 0 saturated carbocycles. The highest BCUT2D eigenvalue weighted by atomic mass is 16.3. The van der Waals surface area contributed by atoms with Gasteiger partial charge in [-0.25, -0.2) is 4.98 Å². The first-order valence-electron chi connectivity index (χ1n) is 5.07. The number of anilines is 1. The van der Waals surface area contributed by atoms with Crippen LogP contribution < -0.4 is 4.90 Å². The van der Waals surface area contributed by atoms with Gasteiger partial charge in [-0.05, 0) is 12.1 Å². The topological polar surface area (TPSA) is 53.4 Å². The van der Waals surface area contributed by atoms with Gasteiger partial charge in [-0.2, -0.15) is 0 Å². The van der Waals surface area contributed by atoms with E-state index in [1.165, 1.54) is 0 Å². The minimum atomic E-state index is -0.114. The normalized spacial score (nSPS) is 26.0. The van der Waals surface area contributed by atoms with Crippen molar-refractivity contribution >= 4 is 11.7 Å². The molecule has 1 amide bonds. The summed E-state index contributed by atoms with van der Waals surface area (Å²) in [7, 11) is 0. The number of aliphatic hydroxyl groups is 1. The molecule has 4 heteroatoms. The average molecular weight is 206 g/mol. The Morgan fingerprint density at radius 3 is 2.93 bits per heavy atom. The van der Waals surface area contributed by atoms with E-state index < -0.39 is 0 Å². The molecule has 0 radical (unpaired) electrons. The predicted molar refractivity (Wildman–Crippen MR) is 56.3 cm³/mol. The maximum atomic E-state index is 11.8. The number of aliphatic hydroxyl groups excluding tert-OH is 1. The Kier molecular flexibility index (Phi) is 2.68. The minimum Gasteiger partial charge on any atom is -0.396 e. The number of carbonyl (C=O) groups is 1. The number of pyridine rings is 1. The molecule has 0 spiro atoms. The van der Waals surface area contributed by atoms with E-state index in [4.69, 9.17) is 5.11 Å². The van der Waals surface area contributed by atoms with Gasteiger partial charge in [0.15, 0.2) is 0 Å². The summed E-state index contributed by atoms with van der Waals surface area (Å²) in [5.74, 6) is 0.634. The van der Waals surface area contributed by atoms with Gasteiger partial charge in [0.05, 0.1) is 0 Å². The highest BCUT2D eigenvalue weighted by Gasteiger charge is 2.37. The molecule has 0 bridgehead atoms. The van der Waals surface area contributed by atoms with Gasteiger partial charge in [0, 0.05) is 31.2 Å². The Balaban J connectivity index is 2.23. The van der Waals surface area contributed by atoms with Crippen molar-refractivity contribution in [2.45, 2.75) is 6.92 Å². The number of rotatable bonds is 2. The Morgan fingerprint density at radius 1 is 1.60 bits per heavy atom. The molecule has 0 aliphatic carbocycles. The Labute approximate surface area is 88.6 Å². The number of hydrogen-bond donors (Lipinski definition) is 1. The number of carbonyl (C=O) groups excluding carboxylic acids is 1. The molecule has 1 aliphatic rings. The van der Waals surface area contributed by atoms with Crippen LogP contribution >= 0.6 is 0 Å². The van der Waals surface area contributed by atoms with Gasteiger partial charge in [0.1, 0.15) is 5.82 Å². The van der Waals surface area contributed by atoms with Gasteiger partial charge in [-0.3, -0.25) is 9.69 Å². The zero-order valence-corrected chi connectivity index (χ0v) is 8.63. The molecule has 2 atom stereocenters. The third-order valence-corrected chi connectivity index (χ3v) is 2.94. The van der Waals surface area contributed by atoms with Crippen molar-refractivity contribution in [2.24, 2.45) is 11.8 Å². The fourth-order valence-corrected chi connectivity index (χ4v) is 1.87. The van der Waals surface area contributed by atoms with E-state index in [2.05, 4.69) is 4.98 Å². The zero-order valence-electron chi connectivity index (χ0n) is 8.63. The fraction of sp³-hybridized carbons (Fsp3) is 0.455. The van der Waals surface area contributed by atoms with Crippen LogP contribution in [0, 0.1) is 11.8 Å². The van der Waals surface area contributed by atoms with Crippen molar-refractivity contribution in [3.63, 3.8) is 0 Å². The van der Waals surface area contributed by atoms with E-state index in [1.807, 2.05) is 25.1 Å². The molecule has 1 aliphatic heterocycles. The molecule has 1 fully saturated rings. The van der Waals surface area contributed by atoms with Gasteiger partial charge in [0.2, 0.25) is 5.91 Å². The summed E-state index contributed by atoms with van der Waals surface area (Å²) in [5, 5.41) is 9.12. The van der Waals surface area contributed by atoms with Crippen molar-refractivity contribution < 1.29 is 9.90 Å². The minimum absolute atomic E-state index is 0.0273. The lowest BCUT2D eigenvalue weighted by Gasteiger charge is -2.14. The van der Waals surface area contributed by atoms with E-state index in [-0.39, 0.29) is 24.3 Å². The average Bonchev–Trinajstić information content (AvgIpc) is 2.57. The summed E-state index contributed by atoms with van der Waals surface area (Å²) in [6.45, 7) is 2.47. The van der Waals surface area contributed by atoms with E-state index in [0.29, 0.717) is 12.4 Å². The lowest BCUT2D eigenvalue weighted by molar-refractivity contribution is -0.120. The second-order valence-electron chi connectivity index (χ2n) is 3.87. The highest BCUT2D eigenvalue weighted by Crippen LogP contribution is 2.27. The lowest BCUT2D eigenvalue weighted by atomic mass is 9.99. The Bertz CT molecular complexity index is 353. The quantitative estimate of drug-likeness (QED) is 0.774. The Morgan fingerprint density at radius 2 is 2.40 bits per heavy atom. The zero-order chi connectivity index (χ0) is 10.8. The number of amides is 1. The van der Waals surface area contributed by atoms with Crippen molar-refractivity contribution in [1.82, 2.24) is 4.98 Å². The molecule has 1 saturated heterocycles. The highest BCUT2D eigenvalue weighted by molar-refractivity contribution is 5.96. The van der Waals surface area contributed by atoms with Crippen LogP contribution in [0.1, 0.15) is 6.92 Å². The molecule has 80 valence electrons. The molecule has 1 aromatic heterocycles. The first kappa shape index (κ1) is 10.1. The molecule has 0 aromatic carbocycles. The summed E-state index contributed by atoms with van der Waals surface area (Å²) in [6, 6.07) is 5.48. The maximum absolute atomic E-state index is 11.8. The summed E-state index contributed by atoms with van der Waals surface area (Å²) >= 11 is 0. The number of nitrogens with zero attached hydrogens (tertiary/aromatic N) is 2. The molecule has 1 aromatic rings. The van der Waals surface area contributed by atoms with Crippen LogP contribution in [0.5, 0.6) is 0 Å². The van der Waals surface area contributed by atoms with Crippen molar-refractivity contribution in [3.05, 3.63) is 24.4 Å². The Hall–Kier alpha value is -1.42. The summed E-state index contributed by atoms with van der Waals surface area (Å²) in [6.07, 6.45) is 1.67. The number of hydrogen-bond acceptors (Lipinski definition) is 3. The predicted octanol–water partition coefficient (Wildman–Crippen LogP) is 0.673. The van der Waals surface area contributed by atoms with Crippen LogP contribution in [0.2, 0.25) is 0 Å². The van der Waals surface area contributed by atoms with Crippen molar-refractivity contribution in [2.75, 3.05) is 18.1 Å². The molecule has 4 nitrogen and oxygen atoms in total. The van der Waals surface area contributed by atoms with Gasteiger partial charge in [-0.1, -0.05) is 13.0 Å². The smallest absolute Gasteiger partial charge is 0.231 e. The molecule has 2 unspecified atom stereocenters. The molecular formula is C11H14N2O2. The first-order valence-corrected chi connectivity index (χ1v) is 5.07. The second kappa shape index (κ2) is 3.98. The number of aromatic nitrogens is 1. The summed E-state index contributed by atoms with van der Waals surface area (Å²) in [4.78, 5) is 17.6. The van der Waals surface area contributed by atoms with Crippen LogP contribution in [0.15, 0.2) is 24.4 Å². The van der Waals surface area contributed by atoms with E-state index in [1.54, 1.807) is 11.1 Å². The standard InChI is InChI=1S/C11H14N2O2/c1-8-9(7-14)6-13(11(8)15)10-4-2-3-5-12-10/h2-5,8-9,14H,6-7H2,1H3. The molecule has 1 N–H and O–H groups in total. The van der Waals surface area contributed by atoms with E-state index in [9.17, 15) is 4.79 Å². The van der Waals surface area contributed by atoms with E-state index in [0.717, 1.165) is 0 Å². The molecule has 15 heavy (non-hydrogen) atoms. The van der Waals surface area contributed by atoms with Crippen LogP contribution in [0.4, 0.5) is 5.82 Å². The third kappa shape index (κ3) is 1.72. The molecular weight excluding hydrogens is 192 g/mol. The summed E-state index contributed by atoms with van der Waals surface area (Å²) in [5.41, 5.74) is 0. The first-order chi connectivity index (χ1) is 7.24. The van der Waals surface area contributed by atoms with Crippen LogP contribution in [0.3, 0.4) is 0 Å². The monoisotopic (exact) mass is 206 g/mol. The molecule has 2 heterocycles. The van der Waals surface area contributed by atoms with Crippen molar-refractivity contribution in [1.29, 1.82) is 0 Å². The lowest BCUT2D eigenvalue weighted by Crippen LogP contribution is -2.26. The van der Waals surface area contributed by atoms with Crippen LogP contribution in [-0.4, -0.2) is 29.1 Å². The largest absolute Gasteiger partial charge is 0.396 e. The second-order valence-corrected chi connectivity index (χ2v) is 3.87. The SMILES string of the molecule is CC1C(=O)N(c2ccccn2)CC1CO. The van der Waals surface area contributed by atoms with Crippen LogP contribution in [0.25, 0.3) is 0 Å². The van der Waals surface area contributed by atoms with E-state index >= 15 is 0 Å². The van der Waals surface area contributed by atoms with Crippen molar-refractivity contribution in [3.8, 4) is 0 Å². The fourth-order valence-electron chi connectivity index (χ4n) is 1.87. The molecule has 2 rings (SSSR count). The maximum Gasteiger partial charge on any atom is 0.231 e. The van der Waals surface area contributed by atoms with Crippen LogP contribution in [-0.2, 0) is 4.79 Å². The summed E-state index contributed by atoms with van der Waals surface area (Å²) < 4.78 is 0. The van der Waals surface area contributed by atoms with Gasteiger partial charge < -0.3 is 5.11 Å². The third-order valence-electron chi connectivity index (χ3n) is 2.94. The van der Waals surface area contributed by atoms with Gasteiger partial charge in [0.25, 0.3) is 0 Å². The van der Waals surface area contributed by atoms with Gasteiger partial charge >= 0.3 is 0 Å².